The monoisotopic (exact) mass is 366 g/mol. The van der Waals surface area contributed by atoms with Crippen LogP contribution in [0, 0.1) is 0 Å². The molecule has 0 unspecified atom stereocenters. The van der Waals surface area contributed by atoms with Gasteiger partial charge in [0.15, 0.2) is 0 Å². The molecule has 6 nitrogen and oxygen atoms in total. The van der Waals surface area contributed by atoms with E-state index >= 15 is 0 Å². The van der Waals surface area contributed by atoms with Gasteiger partial charge in [0.1, 0.15) is 4.90 Å². The van der Waals surface area contributed by atoms with Crippen molar-refractivity contribution >= 4 is 27.5 Å². The van der Waals surface area contributed by atoms with E-state index in [1.807, 2.05) is 24.3 Å². The van der Waals surface area contributed by atoms with Crippen molar-refractivity contribution in [2.75, 3.05) is 0 Å². The van der Waals surface area contributed by atoms with E-state index in [-0.39, 0.29) is 15.5 Å². The second-order valence-corrected chi connectivity index (χ2v) is 7.55. The number of primary sulfonamides is 1. The Bertz CT molecular complexity index is 914. The Morgan fingerprint density at radius 3 is 2.67 bits per heavy atom. The number of benzene rings is 2. The third-order valence-corrected chi connectivity index (χ3v) is 5.38. The third kappa shape index (κ3) is 3.16. The molecular weight excluding hydrogens is 352 g/mol. The number of aliphatic hydroxyl groups is 1. The van der Waals surface area contributed by atoms with Gasteiger partial charge < -0.3 is 10.4 Å². The Morgan fingerprint density at radius 2 is 1.96 bits per heavy atom. The molecule has 126 valence electrons. The maximum Gasteiger partial charge on any atom is 0.251 e. The van der Waals surface area contributed by atoms with E-state index in [1.54, 1.807) is 0 Å². The van der Waals surface area contributed by atoms with Crippen molar-refractivity contribution in [1.82, 2.24) is 5.32 Å². The number of nitrogens with one attached hydrogen (secondary N) is 1. The van der Waals surface area contributed by atoms with Gasteiger partial charge in [-0.25, -0.2) is 13.6 Å². The van der Waals surface area contributed by atoms with E-state index in [4.69, 9.17) is 16.7 Å². The zero-order valence-corrected chi connectivity index (χ0v) is 14.0. The number of aliphatic hydroxyl groups excluding tert-OH is 1. The van der Waals surface area contributed by atoms with Crippen molar-refractivity contribution in [2.45, 2.75) is 23.5 Å². The molecule has 2 aromatic carbocycles. The number of hydrogen-bond donors (Lipinski definition) is 3. The van der Waals surface area contributed by atoms with Gasteiger partial charge in [0.2, 0.25) is 10.0 Å². The first-order chi connectivity index (χ1) is 11.3. The Labute approximate surface area is 144 Å². The Morgan fingerprint density at radius 1 is 1.25 bits per heavy atom. The number of rotatable bonds is 3. The molecule has 8 heteroatoms. The van der Waals surface area contributed by atoms with Gasteiger partial charge in [0.25, 0.3) is 5.91 Å². The highest BCUT2D eigenvalue weighted by molar-refractivity contribution is 7.89. The van der Waals surface area contributed by atoms with Crippen molar-refractivity contribution in [3.05, 3.63) is 64.2 Å². The summed E-state index contributed by atoms with van der Waals surface area (Å²) in [7, 11) is -4.04. The predicted octanol–water partition coefficient (Wildman–Crippen LogP) is 1.38. The van der Waals surface area contributed by atoms with Gasteiger partial charge in [-0.05, 0) is 29.3 Å². The molecule has 4 N–H and O–H groups in total. The van der Waals surface area contributed by atoms with Crippen LogP contribution in [-0.4, -0.2) is 25.5 Å². The molecular formula is C16H15ClN2O4S. The molecule has 0 spiro atoms. The van der Waals surface area contributed by atoms with Crippen molar-refractivity contribution in [3.63, 3.8) is 0 Å². The normalized spacial score (nSPS) is 19.8. The fourth-order valence-corrected chi connectivity index (χ4v) is 3.91. The molecule has 0 heterocycles. The zero-order valence-electron chi connectivity index (χ0n) is 12.4. The maximum atomic E-state index is 12.4. The van der Waals surface area contributed by atoms with Crippen LogP contribution in [0.1, 0.15) is 27.5 Å². The minimum atomic E-state index is -4.04. The molecule has 1 amide bonds. The molecule has 0 aliphatic heterocycles. The summed E-state index contributed by atoms with van der Waals surface area (Å²) in [5, 5.41) is 18.0. The predicted molar refractivity (Wildman–Crippen MR) is 89.2 cm³/mol. The number of fused-ring (bicyclic) bond motifs is 1. The van der Waals surface area contributed by atoms with Crippen molar-refractivity contribution < 1.29 is 18.3 Å². The van der Waals surface area contributed by atoms with Crippen LogP contribution >= 0.6 is 11.6 Å². The van der Waals surface area contributed by atoms with Gasteiger partial charge >= 0.3 is 0 Å². The molecule has 0 bridgehead atoms. The van der Waals surface area contributed by atoms with Crippen molar-refractivity contribution in [3.8, 4) is 0 Å². The number of halogens is 1. The second kappa shape index (κ2) is 6.18. The van der Waals surface area contributed by atoms with E-state index in [0.29, 0.717) is 6.42 Å². The quantitative estimate of drug-likeness (QED) is 0.762. The van der Waals surface area contributed by atoms with Gasteiger partial charge in [-0.15, -0.1) is 0 Å². The van der Waals surface area contributed by atoms with Crippen LogP contribution in [0.5, 0.6) is 0 Å². The van der Waals surface area contributed by atoms with E-state index in [0.717, 1.165) is 17.2 Å². The van der Waals surface area contributed by atoms with Gasteiger partial charge in [0.05, 0.1) is 17.2 Å². The van der Waals surface area contributed by atoms with Crippen LogP contribution < -0.4 is 10.5 Å². The summed E-state index contributed by atoms with van der Waals surface area (Å²) in [6.45, 7) is 0. The first-order valence-electron chi connectivity index (χ1n) is 7.16. The first kappa shape index (κ1) is 16.9. The minimum absolute atomic E-state index is 0.0553. The lowest BCUT2D eigenvalue weighted by atomic mass is 10.1. The highest BCUT2D eigenvalue weighted by Crippen LogP contribution is 2.31. The van der Waals surface area contributed by atoms with Crippen LogP contribution in [0.25, 0.3) is 0 Å². The minimum Gasteiger partial charge on any atom is -0.390 e. The summed E-state index contributed by atoms with van der Waals surface area (Å²) in [6.07, 6.45) is -0.291. The number of nitrogens with two attached hydrogens (primary N) is 1. The average Bonchev–Trinajstić information content (AvgIpc) is 2.82. The second-order valence-electron chi connectivity index (χ2n) is 5.61. The largest absolute Gasteiger partial charge is 0.390 e. The smallest absolute Gasteiger partial charge is 0.251 e. The van der Waals surface area contributed by atoms with E-state index in [1.165, 1.54) is 12.1 Å². The van der Waals surface area contributed by atoms with Crippen molar-refractivity contribution in [1.29, 1.82) is 0 Å². The molecule has 3 rings (SSSR count). The van der Waals surface area contributed by atoms with E-state index < -0.39 is 28.1 Å². The molecule has 1 aliphatic carbocycles. The lowest BCUT2D eigenvalue weighted by Crippen LogP contribution is -2.34. The molecule has 0 fully saturated rings. The van der Waals surface area contributed by atoms with Crippen molar-refractivity contribution in [2.24, 2.45) is 5.14 Å². The van der Waals surface area contributed by atoms with E-state index in [9.17, 15) is 18.3 Å². The summed E-state index contributed by atoms with van der Waals surface area (Å²) in [6, 6.07) is 10.7. The van der Waals surface area contributed by atoms with Gasteiger partial charge in [-0.1, -0.05) is 35.9 Å². The zero-order chi connectivity index (χ0) is 17.5. The molecule has 24 heavy (non-hydrogen) atoms. The number of sulfonamides is 1. The molecule has 2 aromatic rings. The number of carbonyl (C=O) groups excluding carboxylic acids is 1. The maximum absolute atomic E-state index is 12.4. The number of carbonyl (C=O) groups is 1. The van der Waals surface area contributed by atoms with Crippen LogP contribution in [0.3, 0.4) is 0 Å². The summed E-state index contributed by atoms with van der Waals surface area (Å²) in [4.78, 5) is 12.1. The van der Waals surface area contributed by atoms with Crippen LogP contribution in [0.2, 0.25) is 5.02 Å². The summed E-state index contributed by atoms with van der Waals surface area (Å²) in [5.41, 5.74) is 1.91. The molecule has 0 aromatic heterocycles. The highest BCUT2D eigenvalue weighted by Gasteiger charge is 2.32. The first-order valence-corrected chi connectivity index (χ1v) is 9.09. The topological polar surface area (TPSA) is 109 Å². The van der Waals surface area contributed by atoms with E-state index in [2.05, 4.69) is 5.32 Å². The average molecular weight is 367 g/mol. The highest BCUT2D eigenvalue weighted by atomic mass is 35.5. The Balaban J connectivity index is 1.89. The SMILES string of the molecule is NS(=O)(=O)c1cc(C(=O)N[C@@H]2c3ccccc3C[C@@H]2O)ccc1Cl. The van der Waals surface area contributed by atoms with Crippen LogP contribution in [0.4, 0.5) is 0 Å². The lowest BCUT2D eigenvalue weighted by molar-refractivity contribution is 0.0858. The van der Waals surface area contributed by atoms with Crippen LogP contribution in [-0.2, 0) is 16.4 Å². The molecule has 2 atom stereocenters. The molecule has 0 saturated heterocycles. The summed E-state index contributed by atoms with van der Waals surface area (Å²) >= 11 is 5.82. The third-order valence-electron chi connectivity index (χ3n) is 3.99. The fourth-order valence-electron chi connectivity index (χ4n) is 2.84. The fraction of sp³-hybridized carbons (Fsp3) is 0.188. The standard InChI is InChI=1S/C16H15ClN2O4S/c17-12-6-5-10(8-14(12)24(18,22)23)16(21)19-15-11-4-2-1-3-9(11)7-13(15)20/h1-6,8,13,15,20H,7H2,(H,19,21)(H2,18,22,23)/t13-,15+/m0/s1. The van der Waals surface area contributed by atoms with Gasteiger partial charge in [0, 0.05) is 12.0 Å². The summed E-state index contributed by atoms with van der Waals surface area (Å²) in [5.74, 6) is -0.516. The number of hydrogen-bond acceptors (Lipinski definition) is 4. The number of amides is 1. The molecule has 0 saturated carbocycles. The molecule has 0 radical (unpaired) electrons. The Kier molecular flexibility index (Phi) is 4.35. The van der Waals surface area contributed by atoms with Gasteiger partial charge in [-0.3, -0.25) is 4.79 Å². The summed E-state index contributed by atoms with van der Waals surface area (Å²) < 4.78 is 23.0. The van der Waals surface area contributed by atoms with Crippen LogP contribution in [0.15, 0.2) is 47.4 Å². The molecule has 1 aliphatic rings. The van der Waals surface area contributed by atoms with Gasteiger partial charge in [-0.2, -0.15) is 0 Å². The lowest BCUT2D eigenvalue weighted by Gasteiger charge is -2.18. The Hall–Kier alpha value is -1.93.